The molecule has 0 radical (unpaired) electrons. The number of nitrogens with one attached hydrogen (secondary N) is 1. The highest BCUT2D eigenvalue weighted by Crippen LogP contribution is 2.17. The molecule has 3 rings (SSSR count). The Morgan fingerprint density at radius 2 is 1.96 bits per heavy atom. The van der Waals surface area contributed by atoms with E-state index in [0.29, 0.717) is 12.2 Å². The molecule has 128 valence electrons. The van der Waals surface area contributed by atoms with Gasteiger partial charge in [0.05, 0.1) is 15.1 Å². The zero-order chi connectivity index (χ0) is 17.7. The van der Waals surface area contributed by atoms with E-state index in [9.17, 15) is 13.2 Å². The van der Waals surface area contributed by atoms with Gasteiger partial charge in [0.25, 0.3) is 0 Å². The molecule has 0 bridgehead atoms. The summed E-state index contributed by atoms with van der Waals surface area (Å²) in [6.07, 6.45) is 0.741. The number of primary sulfonamides is 1. The minimum Gasteiger partial charge on any atom is -0.477 e. The summed E-state index contributed by atoms with van der Waals surface area (Å²) in [4.78, 5) is 17.1. The first-order valence-electron chi connectivity index (χ1n) is 6.78. The lowest BCUT2D eigenvalue weighted by atomic mass is 10.2. The molecule has 0 spiro atoms. The predicted molar refractivity (Wildman–Crippen MR) is 91.5 cm³/mol. The molecule has 0 unspecified atom stereocenters. The number of aromatic amines is 1. The van der Waals surface area contributed by atoms with Gasteiger partial charge in [-0.15, -0.1) is 11.3 Å². The predicted octanol–water partition coefficient (Wildman–Crippen LogP) is 1.16. The first kappa shape index (κ1) is 18.1. The fourth-order valence-corrected chi connectivity index (χ4v) is 3.06. The van der Waals surface area contributed by atoms with E-state index in [0.717, 1.165) is 16.7 Å². The summed E-state index contributed by atoms with van der Waals surface area (Å²) < 4.78 is 22.6. The van der Waals surface area contributed by atoms with E-state index in [2.05, 4.69) is 9.97 Å². The van der Waals surface area contributed by atoms with Crippen molar-refractivity contribution in [3.8, 4) is 0 Å². The number of aromatic nitrogens is 2. The maximum Gasteiger partial charge on any atom is 0.352 e. The highest BCUT2D eigenvalue weighted by atomic mass is 32.2. The zero-order valence-electron chi connectivity index (χ0n) is 12.5. The number of thiazole rings is 1. The van der Waals surface area contributed by atoms with Crippen molar-refractivity contribution in [3.05, 3.63) is 47.1 Å². The number of benzene rings is 1. The molecule has 0 aliphatic carbocycles. The fourth-order valence-electron chi connectivity index (χ4n) is 1.87. The maximum absolute atomic E-state index is 10.9. The van der Waals surface area contributed by atoms with Crippen LogP contribution in [0.15, 0.2) is 40.7 Å². The van der Waals surface area contributed by atoms with Crippen molar-refractivity contribution in [1.29, 1.82) is 0 Å². The van der Waals surface area contributed by atoms with Crippen molar-refractivity contribution >= 4 is 37.7 Å². The van der Waals surface area contributed by atoms with Crippen LogP contribution >= 0.6 is 11.3 Å². The fraction of sp³-hybridized carbons (Fsp3) is 0.143. The summed E-state index contributed by atoms with van der Waals surface area (Å²) in [7, 11) is -3.57. The number of rotatable bonds is 4. The smallest absolute Gasteiger partial charge is 0.352 e. The molecule has 8 nitrogen and oxygen atoms in total. The van der Waals surface area contributed by atoms with Crippen LogP contribution in [-0.4, -0.2) is 36.0 Å². The topological polar surface area (TPSA) is 152 Å². The number of nitrogens with zero attached hydrogens (tertiary/aromatic N) is 1. The Balaban J connectivity index is 0.000000175. The number of carbonyl (C=O) groups is 1. The molecule has 0 aliphatic rings. The van der Waals surface area contributed by atoms with E-state index in [1.807, 2.05) is 0 Å². The van der Waals surface area contributed by atoms with Gasteiger partial charge in [-0.05, 0) is 36.7 Å². The highest BCUT2D eigenvalue weighted by molar-refractivity contribution is 7.89. The van der Waals surface area contributed by atoms with Gasteiger partial charge in [0.2, 0.25) is 10.0 Å². The van der Waals surface area contributed by atoms with Crippen LogP contribution in [0.25, 0.3) is 10.3 Å². The van der Waals surface area contributed by atoms with Crippen LogP contribution in [0, 0.1) is 0 Å². The summed E-state index contributed by atoms with van der Waals surface area (Å²) in [5, 5.41) is 13.5. The Morgan fingerprint density at radius 1 is 1.29 bits per heavy atom. The summed E-state index contributed by atoms with van der Waals surface area (Å²) in [6.45, 7) is 0.550. The highest BCUT2D eigenvalue weighted by Gasteiger charge is 2.08. The van der Waals surface area contributed by atoms with Crippen LogP contribution in [0.3, 0.4) is 0 Å². The second-order valence-electron chi connectivity index (χ2n) is 4.78. The van der Waals surface area contributed by atoms with Gasteiger partial charge in [0.15, 0.2) is 0 Å². The lowest BCUT2D eigenvalue weighted by Gasteiger charge is -2.00. The lowest BCUT2D eigenvalue weighted by Crippen LogP contribution is -2.12. The van der Waals surface area contributed by atoms with Crippen molar-refractivity contribution < 1.29 is 18.3 Å². The van der Waals surface area contributed by atoms with Crippen molar-refractivity contribution in [2.75, 3.05) is 6.54 Å². The second-order valence-corrected chi connectivity index (χ2v) is 7.23. The largest absolute Gasteiger partial charge is 0.477 e. The minimum atomic E-state index is -3.57. The third-order valence-corrected chi connectivity index (χ3v) is 4.74. The first-order valence-corrected chi connectivity index (χ1v) is 9.21. The van der Waals surface area contributed by atoms with E-state index in [4.69, 9.17) is 16.0 Å². The van der Waals surface area contributed by atoms with Crippen molar-refractivity contribution in [2.24, 2.45) is 10.9 Å². The van der Waals surface area contributed by atoms with Crippen LogP contribution in [-0.2, 0) is 16.4 Å². The van der Waals surface area contributed by atoms with E-state index in [1.54, 1.807) is 23.7 Å². The number of carboxylic acid groups (broad SMARTS) is 1. The Labute approximate surface area is 142 Å². The van der Waals surface area contributed by atoms with Gasteiger partial charge < -0.3 is 15.8 Å². The third-order valence-electron chi connectivity index (χ3n) is 3.04. The van der Waals surface area contributed by atoms with Gasteiger partial charge in [0.1, 0.15) is 11.3 Å². The van der Waals surface area contributed by atoms with Gasteiger partial charge in [-0.3, -0.25) is 0 Å². The molecule has 6 N–H and O–H groups in total. The van der Waals surface area contributed by atoms with Crippen molar-refractivity contribution in [1.82, 2.24) is 9.97 Å². The number of carboxylic acids is 1. The number of fused-ring (bicyclic) bond motifs is 1. The number of aromatic carboxylic acids is 1. The van der Waals surface area contributed by atoms with Crippen LogP contribution in [0.2, 0.25) is 0 Å². The molecular formula is C14H16N4O4S2. The van der Waals surface area contributed by atoms with Crippen LogP contribution in [0.4, 0.5) is 0 Å². The molecule has 24 heavy (non-hydrogen) atoms. The molecule has 1 aromatic carbocycles. The van der Waals surface area contributed by atoms with E-state index in [-0.39, 0.29) is 10.6 Å². The Kier molecular flexibility index (Phi) is 5.67. The number of hydrogen-bond donors (Lipinski definition) is 4. The van der Waals surface area contributed by atoms with Gasteiger partial charge in [-0.2, -0.15) is 0 Å². The molecule has 0 amide bonds. The molecule has 3 aromatic rings. The summed E-state index contributed by atoms with van der Waals surface area (Å²) in [5.41, 5.74) is 8.86. The molecule has 0 aliphatic heterocycles. The Hall–Kier alpha value is -2.27. The average molecular weight is 368 g/mol. The zero-order valence-corrected chi connectivity index (χ0v) is 14.1. The SMILES string of the molecule is NCCc1ccc(S(N)(=O)=O)cc1.O=C(O)c1cc2scnc2[nH]1. The van der Waals surface area contributed by atoms with Gasteiger partial charge >= 0.3 is 5.97 Å². The van der Waals surface area contributed by atoms with E-state index in [1.165, 1.54) is 23.5 Å². The van der Waals surface area contributed by atoms with Gasteiger partial charge in [0, 0.05) is 0 Å². The Bertz CT molecular complexity index is 901. The summed E-state index contributed by atoms with van der Waals surface area (Å²) >= 11 is 1.42. The molecule has 0 saturated carbocycles. The average Bonchev–Trinajstić information content (AvgIpc) is 3.09. The van der Waals surface area contributed by atoms with E-state index >= 15 is 0 Å². The molecule has 10 heteroatoms. The number of hydrogen-bond acceptors (Lipinski definition) is 6. The third kappa shape index (κ3) is 4.61. The Morgan fingerprint density at radius 3 is 2.46 bits per heavy atom. The van der Waals surface area contributed by atoms with Crippen molar-refractivity contribution in [2.45, 2.75) is 11.3 Å². The van der Waals surface area contributed by atoms with Crippen LogP contribution < -0.4 is 10.9 Å². The number of nitrogens with two attached hydrogens (primary N) is 2. The molecule has 2 heterocycles. The first-order chi connectivity index (χ1) is 11.3. The summed E-state index contributed by atoms with van der Waals surface area (Å²) in [6, 6.07) is 7.98. The molecule has 0 atom stereocenters. The standard InChI is InChI=1S/C8H12N2O2S.C6H4N2O2S/c9-6-5-7-1-3-8(4-2-7)13(10,11)12;9-6(10)3-1-4-5(8-3)7-2-11-4/h1-4H,5-6,9H2,(H2,10,11,12);1-2,8H,(H,9,10). The number of sulfonamides is 1. The van der Waals surface area contributed by atoms with Crippen molar-refractivity contribution in [3.63, 3.8) is 0 Å². The quantitative estimate of drug-likeness (QED) is 0.542. The molecule has 2 aromatic heterocycles. The second kappa shape index (κ2) is 7.53. The lowest BCUT2D eigenvalue weighted by molar-refractivity contribution is 0.0691. The minimum absolute atomic E-state index is 0.133. The maximum atomic E-state index is 10.9. The monoisotopic (exact) mass is 368 g/mol. The van der Waals surface area contributed by atoms with Gasteiger partial charge in [-0.25, -0.2) is 23.3 Å². The van der Waals surface area contributed by atoms with Gasteiger partial charge in [-0.1, -0.05) is 12.1 Å². The molecule has 0 saturated heterocycles. The molecule has 0 fully saturated rings. The molecular weight excluding hydrogens is 352 g/mol. The number of H-pyrrole nitrogens is 1. The van der Waals surface area contributed by atoms with Crippen LogP contribution in [0.5, 0.6) is 0 Å². The van der Waals surface area contributed by atoms with Crippen LogP contribution in [0.1, 0.15) is 16.1 Å². The normalized spacial score (nSPS) is 11.1. The van der Waals surface area contributed by atoms with E-state index < -0.39 is 16.0 Å². The summed E-state index contributed by atoms with van der Waals surface area (Å²) in [5.74, 6) is -0.949.